The number of aliphatic carboxylic acids is 2. The van der Waals surface area contributed by atoms with Gasteiger partial charge in [0, 0.05) is 5.02 Å². The van der Waals surface area contributed by atoms with Gasteiger partial charge in [-0.2, -0.15) is 0 Å². The second kappa shape index (κ2) is 14.3. The zero-order valence-electron chi connectivity index (χ0n) is 15.7. The number of carboxylic acids is 2. The molecule has 0 spiro atoms. The van der Waals surface area contributed by atoms with Crippen molar-refractivity contribution < 1.29 is 24.5 Å². The SMILES string of the molecule is Clc1ccc(OCCCCCCCN2CCCCC2)cc1.O=C(O)C(=O)O. The summed E-state index contributed by atoms with van der Waals surface area (Å²) < 4.78 is 5.70. The van der Waals surface area contributed by atoms with Gasteiger partial charge in [-0.25, -0.2) is 9.59 Å². The molecule has 1 aromatic carbocycles. The van der Waals surface area contributed by atoms with E-state index in [0.717, 1.165) is 23.8 Å². The van der Waals surface area contributed by atoms with Crippen molar-refractivity contribution in [3.05, 3.63) is 29.3 Å². The molecule has 1 saturated heterocycles. The predicted molar refractivity (Wildman–Crippen MR) is 106 cm³/mol. The molecule has 0 aromatic heterocycles. The maximum Gasteiger partial charge on any atom is 0.414 e. The number of unbranched alkanes of at least 4 members (excludes halogenated alkanes) is 4. The Morgan fingerprint density at radius 3 is 2.04 bits per heavy atom. The smallest absolute Gasteiger partial charge is 0.414 e. The summed E-state index contributed by atoms with van der Waals surface area (Å²) in [6, 6.07) is 7.61. The van der Waals surface area contributed by atoms with E-state index in [1.807, 2.05) is 24.3 Å². The molecule has 27 heavy (non-hydrogen) atoms. The average molecular weight is 400 g/mol. The maximum atomic E-state index is 9.10. The summed E-state index contributed by atoms with van der Waals surface area (Å²) in [4.78, 5) is 20.8. The summed E-state index contributed by atoms with van der Waals surface area (Å²) in [7, 11) is 0. The first-order valence-corrected chi connectivity index (χ1v) is 9.94. The first-order valence-electron chi connectivity index (χ1n) is 9.56. The van der Waals surface area contributed by atoms with Crippen LogP contribution in [0.2, 0.25) is 5.02 Å². The van der Waals surface area contributed by atoms with E-state index in [1.165, 1.54) is 64.6 Å². The van der Waals surface area contributed by atoms with Gasteiger partial charge in [-0.3, -0.25) is 0 Å². The summed E-state index contributed by atoms with van der Waals surface area (Å²) in [5.74, 6) is -2.73. The highest BCUT2D eigenvalue weighted by atomic mass is 35.5. The van der Waals surface area contributed by atoms with Crippen LogP contribution >= 0.6 is 11.6 Å². The van der Waals surface area contributed by atoms with Crippen LogP contribution in [0.3, 0.4) is 0 Å². The number of piperidine rings is 1. The van der Waals surface area contributed by atoms with E-state index in [0.29, 0.717) is 0 Å². The van der Waals surface area contributed by atoms with Crippen LogP contribution in [0.4, 0.5) is 0 Å². The standard InChI is InChI=1S/C18H28ClNO.C2H2O4/c19-17-9-11-18(12-10-17)21-16-8-3-1-2-5-13-20-14-6-4-7-15-20;3-1(4)2(5)6/h9-12H,1-8,13-16H2;(H,3,4)(H,5,6). The number of rotatable bonds is 9. The van der Waals surface area contributed by atoms with Crippen LogP contribution in [0.1, 0.15) is 51.4 Å². The minimum Gasteiger partial charge on any atom is -0.494 e. The number of carboxylic acid groups (broad SMARTS) is 2. The molecular weight excluding hydrogens is 370 g/mol. The van der Waals surface area contributed by atoms with Crippen LogP contribution in [0.25, 0.3) is 0 Å². The highest BCUT2D eigenvalue weighted by molar-refractivity contribution is 6.30. The van der Waals surface area contributed by atoms with Crippen molar-refractivity contribution in [2.75, 3.05) is 26.2 Å². The Hall–Kier alpha value is -1.79. The second-order valence-corrected chi connectivity index (χ2v) is 7.02. The molecule has 7 heteroatoms. The van der Waals surface area contributed by atoms with Gasteiger partial charge in [0.15, 0.2) is 0 Å². The Morgan fingerprint density at radius 2 is 1.44 bits per heavy atom. The first kappa shape index (κ1) is 23.2. The van der Waals surface area contributed by atoms with Gasteiger partial charge >= 0.3 is 11.9 Å². The molecule has 0 unspecified atom stereocenters. The van der Waals surface area contributed by atoms with Crippen LogP contribution < -0.4 is 4.74 Å². The lowest BCUT2D eigenvalue weighted by molar-refractivity contribution is -0.159. The zero-order valence-corrected chi connectivity index (χ0v) is 16.5. The molecule has 1 aliphatic heterocycles. The van der Waals surface area contributed by atoms with Gasteiger partial charge in [0.1, 0.15) is 5.75 Å². The largest absolute Gasteiger partial charge is 0.494 e. The van der Waals surface area contributed by atoms with E-state index in [4.69, 9.17) is 36.1 Å². The molecule has 2 rings (SSSR count). The van der Waals surface area contributed by atoms with E-state index in [1.54, 1.807) is 0 Å². The molecular formula is C20H30ClNO5. The Bertz CT molecular complexity index is 532. The highest BCUT2D eigenvalue weighted by Gasteiger charge is 2.08. The number of likely N-dealkylation sites (tertiary alicyclic amines) is 1. The normalized spacial score (nSPS) is 14.1. The quantitative estimate of drug-likeness (QED) is 0.475. The lowest BCUT2D eigenvalue weighted by atomic mass is 10.1. The molecule has 152 valence electrons. The van der Waals surface area contributed by atoms with Crippen molar-refractivity contribution in [3.63, 3.8) is 0 Å². The minimum absolute atomic E-state index is 0.760. The summed E-state index contributed by atoms with van der Waals surface area (Å²) in [5, 5.41) is 15.5. The van der Waals surface area contributed by atoms with Crippen molar-refractivity contribution in [3.8, 4) is 5.75 Å². The summed E-state index contributed by atoms with van der Waals surface area (Å²) in [5.41, 5.74) is 0. The molecule has 0 atom stereocenters. The van der Waals surface area contributed by atoms with Crippen molar-refractivity contribution in [1.29, 1.82) is 0 Å². The van der Waals surface area contributed by atoms with Gasteiger partial charge in [-0.1, -0.05) is 37.3 Å². The molecule has 1 heterocycles. The van der Waals surface area contributed by atoms with Gasteiger partial charge in [-0.15, -0.1) is 0 Å². The van der Waals surface area contributed by atoms with E-state index >= 15 is 0 Å². The van der Waals surface area contributed by atoms with Crippen LogP contribution in [0.5, 0.6) is 5.75 Å². The molecule has 0 aliphatic carbocycles. The van der Waals surface area contributed by atoms with Crippen molar-refractivity contribution in [2.24, 2.45) is 0 Å². The average Bonchev–Trinajstić information content (AvgIpc) is 2.66. The van der Waals surface area contributed by atoms with Crippen molar-refractivity contribution >= 4 is 23.5 Å². The number of ether oxygens (including phenoxy) is 1. The third kappa shape index (κ3) is 12.3. The number of benzene rings is 1. The van der Waals surface area contributed by atoms with Crippen LogP contribution in [0, 0.1) is 0 Å². The van der Waals surface area contributed by atoms with Crippen molar-refractivity contribution in [2.45, 2.75) is 51.4 Å². The predicted octanol–water partition coefficient (Wildman–Crippen LogP) is 4.31. The van der Waals surface area contributed by atoms with Crippen LogP contribution in [0.15, 0.2) is 24.3 Å². The molecule has 0 bridgehead atoms. The lowest BCUT2D eigenvalue weighted by Crippen LogP contribution is -2.30. The third-order valence-corrected chi connectivity index (χ3v) is 4.58. The Balaban J connectivity index is 0.000000527. The van der Waals surface area contributed by atoms with Crippen LogP contribution in [-0.2, 0) is 9.59 Å². The summed E-state index contributed by atoms with van der Waals surface area (Å²) in [6.45, 7) is 4.78. The molecule has 0 amide bonds. The number of hydrogen-bond donors (Lipinski definition) is 2. The van der Waals surface area contributed by atoms with E-state index in [2.05, 4.69) is 4.90 Å². The fraction of sp³-hybridized carbons (Fsp3) is 0.600. The highest BCUT2D eigenvalue weighted by Crippen LogP contribution is 2.16. The van der Waals surface area contributed by atoms with Gasteiger partial charge in [0.2, 0.25) is 0 Å². The maximum absolute atomic E-state index is 9.10. The molecule has 1 aromatic rings. The van der Waals surface area contributed by atoms with Gasteiger partial charge in [-0.05, 0) is 69.6 Å². The summed E-state index contributed by atoms with van der Waals surface area (Å²) >= 11 is 5.84. The number of hydrogen-bond acceptors (Lipinski definition) is 4. The van der Waals surface area contributed by atoms with Gasteiger partial charge in [0.25, 0.3) is 0 Å². The van der Waals surface area contributed by atoms with Gasteiger partial charge in [0.05, 0.1) is 6.61 Å². The third-order valence-electron chi connectivity index (χ3n) is 4.33. The second-order valence-electron chi connectivity index (χ2n) is 6.58. The summed E-state index contributed by atoms with van der Waals surface area (Å²) in [6.07, 6.45) is 10.7. The fourth-order valence-electron chi connectivity index (χ4n) is 2.87. The van der Waals surface area contributed by atoms with E-state index in [9.17, 15) is 0 Å². The fourth-order valence-corrected chi connectivity index (χ4v) is 3.00. The number of nitrogens with zero attached hydrogens (tertiary/aromatic N) is 1. The van der Waals surface area contributed by atoms with E-state index in [-0.39, 0.29) is 0 Å². The first-order chi connectivity index (χ1) is 13.0. The molecule has 1 fully saturated rings. The molecule has 2 N–H and O–H groups in total. The molecule has 1 aliphatic rings. The topological polar surface area (TPSA) is 87.1 Å². The number of halogens is 1. The molecule has 0 saturated carbocycles. The lowest BCUT2D eigenvalue weighted by Gasteiger charge is -2.26. The number of carbonyl (C=O) groups is 2. The molecule has 0 radical (unpaired) electrons. The Labute approximate surface area is 166 Å². The van der Waals surface area contributed by atoms with Crippen LogP contribution in [-0.4, -0.2) is 53.3 Å². The van der Waals surface area contributed by atoms with Crippen molar-refractivity contribution in [1.82, 2.24) is 4.90 Å². The Morgan fingerprint density at radius 1 is 0.889 bits per heavy atom. The van der Waals surface area contributed by atoms with E-state index < -0.39 is 11.9 Å². The van der Waals surface area contributed by atoms with Gasteiger partial charge < -0.3 is 19.8 Å². The minimum atomic E-state index is -1.82. The Kier molecular flexibility index (Phi) is 12.3. The zero-order chi connectivity index (χ0) is 19.9. The molecule has 6 nitrogen and oxygen atoms in total. The monoisotopic (exact) mass is 399 g/mol.